The lowest BCUT2D eigenvalue weighted by Gasteiger charge is -2.35. The lowest BCUT2D eigenvalue weighted by molar-refractivity contribution is 0.0502. The molecule has 150 valence electrons. The lowest BCUT2D eigenvalue weighted by atomic mass is 9.99. The maximum absolute atomic E-state index is 13.0. The molecule has 2 heterocycles. The monoisotopic (exact) mass is 390 g/mol. The van der Waals surface area contributed by atoms with Crippen LogP contribution in [0.1, 0.15) is 40.8 Å². The molecule has 0 bridgehead atoms. The maximum Gasteiger partial charge on any atom is 0.296 e. The predicted molar refractivity (Wildman–Crippen MR) is 99.3 cm³/mol. The molecule has 0 saturated carbocycles. The fraction of sp³-hybridized carbons (Fsp3) is 0.421. The van der Waals surface area contributed by atoms with Gasteiger partial charge in [0.15, 0.2) is 5.69 Å². The van der Waals surface area contributed by atoms with Crippen LogP contribution in [0.2, 0.25) is 0 Å². The third kappa shape index (κ3) is 4.05. The second-order valence-corrected chi connectivity index (χ2v) is 7.02. The van der Waals surface area contributed by atoms with E-state index in [1.165, 1.54) is 35.9 Å². The van der Waals surface area contributed by atoms with Crippen molar-refractivity contribution in [3.63, 3.8) is 0 Å². The van der Waals surface area contributed by atoms with Crippen molar-refractivity contribution >= 4 is 5.91 Å². The molecule has 2 atom stereocenters. The molecule has 1 amide bonds. The number of aromatic nitrogens is 2. The Morgan fingerprint density at radius 2 is 2.00 bits per heavy atom. The zero-order valence-corrected chi connectivity index (χ0v) is 15.7. The number of carbonyl (C=O) groups is 1. The molecule has 8 nitrogen and oxygen atoms in total. The molecule has 1 fully saturated rings. The smallest absolute Gasteiger partial charge is 0.296 e. The molecule has 1 aliphatic heterocycles. The number of amides is 1. The molecule has 1 aromatic heterocycles. The summed E-state index contributed by atoms with van der Waals surface area (Å²) in [6.45, 7) is 0.710. The molecule has 0 unspecified atom stereocenters. The highest BCUT2D eigenvalue weighted by Crippen LogP contribution is 2.28. The Labute approximate surface area is 161 Å². The van der Waals surface area contributed by atoms with Gasteiger partial charge in [-0.3, -0.25) is 19.1 Å². The molecular weight excluding hydrogens is 367 g/mol. The Bertz CT molecular complexity index is 929. The van der Waals surface area contributed by atoms with Crippen LogP contribution in [0.25, 0.3) is 0 Å². The van der Waals surface area contributed by atoms with Gasteiger partial charge in [-0.1, -0.05) is 12.1 Å². The highest BCUT2D eigenvalue weighted by Gasteiger charge is 2.31. The van der Waals surface area contributed by atoms with Crippen molar-refractivity contribution in [3.8, 4) is 5.75 Å². The van der Waals surface area contributed by atoms with Crippen LogP contribution in [-0.4, -0.2) is 50.3 Å². The highest BCUT2D eigenvalue weighted by molar-refractivity contribution is 5.94. The van der Waals surface area contributed by atoms with Gasteiger partial charge in [-0.25, -0.2) is 9.37 Å². The quantitative estimate of drug-likeness (QED) is 0.709. The van der Waals surface area contributed by atoms with Gasteiger partial charge in [0.1, 0.15) is 11.6 Å². The van der Waals surface area contributed by atoms with E-state index in [0.717, 1.165) is 0 Å². The predicted octanol–water partition coefficient (Wildman–Crippen LogP) is 0.683. The first-order valence-electron chi connectivity index (χ1n) is 8.98. The number of nitrogens with zero attached hydrogens (tertiary/aromatic N) is 3. The van der Waals surface area contributed by atoms with E-state index in [0.29, 0.717) is 30.8 Å². The summed E-state index contributed by atoms with van der Waals surface area (Å²) in [6.07, 6.45) is 0.463. The minimum atomic E-state index is -0.734. The van der Waals surface area contributed by atoms with Gasteiger partial charge in [-0.05, 0) is 37.6 Å². The number of aromatic hydroxyl groups is 1. The summed E-state index contributed by atoms with van der Waals surface area (Å²) in [5.74, 6) is -1.53. The van der Waals surface area contributed by atoms with E-state index in [4.69, 9.17) is 0 Å². The number of carbonyl (C=O) groups excluding carboxylic acids is 1. The van der Waals surface area contributed by atoms with E-state index in [1.54, 1.807) is 0 Å². The average Bonchev–Trinajstić information content (AvgIpc) is 2.68. The van der Waals surface area contributed by atoms with Crippen LogP contribution in [0.3, 0.4) is 0 Å². The number of hydrogen-bond acceptors (Lipinski definition) is 6. The van der Waals surface area contributed by atoms with E-state index in [1.807, 2.05) is 11.9 Å². The SMILES string of the molecule is CN1CC[C@@H](O)C[C@H]1c1nc(C(=O)NCc2ccc(F)cc2)c(O)c(=O)n1C. The van der Waals surface area contributed by atoms with Crippen molar-refractivity contribution in [2.24, 2.45) is 7.05 Å². The van der Waals surface area contributed by atoms with Crippen molar-refractivity contribution in [1.29, 1.82) is 0 Å². The molecule has 28 heavy (non-hydrogen) atoms. The topological polar surface area (TPSA) is 108 Å². The van der Waals surface area contributed by atoms with Crippen LogP contribution in [0.15, 0.2) is 29.1 Å². The van der Waals surface area contributed by atoms with Crippen LogP contribution in [0, 0.1) is 5.82 Å². The summed E-state index contributed by atoms with van der Waals surface area (Å²) >= 11 is 0. The van der Waals surface area contributed by atoms with Crippen LogP contribution in [0.5, 0.6) is 5.75 Å². The summed E-state index contributed by atoms with van der Waals surface area (Å²) in [5, 5.41) is 22.7. The zero-order chi connectivity index (χ0) is 20.4. The fourth-order valence-electron chi connectivity index (χ4n) is 3.30. The van der Waals surface area contributed by atoms with Gasteiger partial charge in [0, 0.05) is 20.1 Å². The van der Waals surface area contributed by atoms with Gasteiger partial charge in [0.05, 0.1) is 12.1 Å². The number of nitrogens with one attached hydrogen (secondary N) is 1. The van der Waals surface area contributed by atoms with Gasteiger partial charge in [-0.15, -0.1) is 0 Å². The van der Waals surface area contributed by atoms with Crippen LogP contribution >= 0.6 is 0 Å². The Morgan fingerprint density at radius 1 is 1.32 bits per heavy atom. The van der Waals surface area contributed by atoms with Crippen molar-refractivity contribution < 1.29 is 19.4 Å². The summed E-state index contributed by atoms with van der Waals surface area (Å²) in [6, 6.07) is 5.24. The second-order valence-electron chi connectivity index (χ2n) is 7.02. The lowest BCUT2D eigenvalue weighted by Crippen LogP contribution is -2.40. The number of halogens is 1. The Hall–Kier alpha value is -2.78. The first-order chi connectivity index (χ1) is 13.3. The highest BCUT2D eigenvalue weighted by atomic mass is 19.1. The molecule has 1 aromatic carbocycles. The van der Waals surface area contributed by atoms with Crippen LogP contribution in [-0.2, 0) is 13.6 Å². The van der Waals surface area contributed by atoms with Crippen molar-refractivity contribution in [1.82, 2.24) is 19.8 Å². The number of hydrogen-bond donors (Lipinski definition) is 3. The third-order valence-corrected chi connectivity index (χ3v) is 5.02. The van der Waals surface area contributed by atoms with Crippen LogP contribution in [0.4, 0.5) is 4.39 Å². The molecule has 0 aliphatic carbocycles. The molecule has 2 aromatic rings. The average molecular weight is 390 g/mol. The third-order valence-electron chi connectivity index (χ3n) is 5.02. The zero-order valence-electron chi connectivity index (χ0n) is 15.7. The van der Waals surface area contributed by atoms with Gasteiger partial charge < -0.3 is 15.5 Å². The minimum absolute atomic E-state index is 0.0901. The largest absolute Gasteiger partial charge is 0.501 e. The molecule has 1 aliphatic rings. The van der Waals surface area contributed by atoms with Crippen molar-refractivity contribution in [2.45, 2.75) is 31.5 Å². The molecule has 1 saturated heterocycles. The number of aliphatic hydroxyl groups is 1. The first kappa shape index (κ1) is 20.0. The van der Waals surface area contributed by atoms with E-state index >= 15 is 0 Å². The van der Waals surface area contributed by atoms with Crippen molar-refractivity contribution in [3.05, 3.63) is 57.5 Å². The van der Waals surface area contributed by atoms with E-state index in [2.05, 4.69) is 10.3 Å². The Balaban J connectivity index is 1.88. The fourth-order valence-corrected chi connectivity index (χ4v) is 3.30. The van der Waals surface area contributed by atoms with Crippen molar-refractivity contribution in [2.75, 3.05) is 13.6 Å². The van der Waals surface area contributed by atoms with Gasteiger partial charge in [0.25, 0.3) is 11.5 Å². The number of benzene rings is 1. The maximum atomic E-state index is 13.0. The summed E-state index contributed by atoms with van der Waals surface area (Å²) < 4.78 is 14.2. The molecule has 3 rings (SSSR count). The van der Waals surface area contributed by atoms with Gasteiger partial charge in [0.2, 0.25) is 5.75 Å². The number of rotatable bonds is 4. The number of likely N-dealkylation sites (tertiary alicyclic amines) is 1. The molecular formula is C19H23FN4O4. The molecule has 3 N–H and O–H groups in total. The first-order valence-corrected chi connectivity index (χ1v) is 8.98. The second kappa shape index (κ2) is 8.07. The van der Waals surface area contributed by atoms with Gasteiger partial charge >= 0.3 is 0 Å². The Morgan fingerprint density at radius 3 is 2.68 bits per heavy atom. The standard InChI is InChI=1S/C19H23FN4O4/c1-23-8-7-13(25)9-14(23)17-22-15(16(26)19(28)24(17)2)18(27)21-10-11-3-5-12(20)6-4-11/h3-6,13-14,25-26H,7-10H2,1-2H3,(H,21,27)/t13-,14+/m1/s1. The molecule has 0 radical (unpaired) electrons. The summed E-state index contributed by atoms with van der Waals surface area (Å²) in [4.78, 5) is 31.2. The van der Waals surface area contributed by atoms with E-state index in [-0.39, 0.29) is 24.1 Å². The van der Waals surface area contributed by atoms with Gasteiger partial charge in [-0.2, -0.15) is 0 Å². The number of aliphatic hydroxyl groups excluding tert-OH is 1. The minimum Gasteiger partial charge on any atom is -0.501 e. The Kier molecular flexibility index (Phi) is 5.76. The normalized spacial score (nSPS) is 20.1. The van der Waals surface area contributed by atoms with Crippen LogP contribution < -0.4 is 10.9 Å². The summed E-state index contributed by atoms with van der Waals surface area (Å²) in [7, 11) is 3.32. The number of piperidine rings is 1. The molecule has 9 heteroatoms. The van der Waals surface area contributed by atoms with E-state index in [9.17, 15) is 24.2 Å². The summed E-state index contributed by atoms with van der Waals surface area (Å²) in [5.41, 5.74) is -0.437. The van der Waals surface area contributed by atoms with E-state index < -0.39 is 23.3 Å². The molecule has 0 spiro atoms.